The van der Waals surface area contributed by atoms with Gasteiger partial charge in [-0.25, -0.2) is 0 Å². The van der Waals surface area contributed by atoms with Crippen LogP contribution >= 0.6 is 22.9 Å². The molecule has 1 heterocycles. The van der Waals surface area contributed by atoms with Gasteiger partial charge in [-0.15, -0.1) is 11.3 Å². The zero-order chi connectivity index (χ0) is 13.3. The van der Waals surface area contributed by atoms with Crippen LogP contribution in [-0.2, 0) is 0 Å². The predicted molar refractivity (Wildman–Crippen MR) is 75.9 cm³/mol. The zero-order valence-corrected chi connectivity index (χ0v) is 12.1. The standard InChI is InChI=1S/C14H15ClO2S/c1-8-6-10(7-9(2)13(8)17-3)12(16)14-11(15)4-5-18-14/h4-7,12,16H,1-3H3. The average Bonchev–Trinajstić information content (AvgIpc) is 2.74. The van der Waals surface area contributed by atoms with Crippen LogP contribution < -0.4 is 4.74 Å². The number of methoxy groups -OCH3 is 1. The van der Waals surface area contributed by atoms with Crippen LogP contribution in [0.5, 0.6) is 5.75 Å². The second-order valence-electron chi connectivity index (χ2n) is 4.22. The van der Waals surface area contributed by atoms with Crippen LogP contribution in [0.25, 0.3) is 0 Å². The van der Waals surface area contributed by atoms with Gasteiger partial charge in [0.1, 0.15) is 11.9 Å². The normalized spacial score (nSPS) is 12.5. The van der Waals surface area contributed by atoms with Crippen LogP contribution in [0.1, 0.15) is 27.7 Å². The third-order valence-corrected chi connectivity index (χ3v) is 4.31. The van der Waals surface area contributed by atoms with E-state index in [2.05, 4.69) is 0 Å². The highest BCUT2D eigenvalue weighted by atomic mass is 35.5. The molecule has 0 spiro atoms. The average molecular weight is 283 g/mol. The minimum Gasteiger partial charge on any atom is -0.496 e. The lowest BCUT2D eigenvalue weighted by molar-refractivity contribution is 0.224. The molecule has 0 aliphatic rings. The molecule has 1 atom stereocenters. The lowest BCUT2D eigenvalue weighted by Crippen LogP contribution is -2.01. The molecule has 2 rings (SSSR count). The fourth-order valence-corrected chi connectivity index (χ4v) is 3.29. The molecular formula is C14H15ClO2S. The van der Waals surface area contributed by atoms with Gasteiger partial charge in [-0.3, -0.25) is 0 Å². The lowest BCUT2D eigenvalue weighted by atomic mass is 10.0. The van der Waals surface area contributed by atoms with Gasteiger partial charge in [0.05, 0.1) is 17.0 Å². The third-order valence-electron chi connectivity index (χ3n) is 2.90. The fraction of sp³-hybridized carbons (Fsp3) is 0.286. The van der Waals surface area contributed by atoms with Gasteiger partial charge in [-0.05, 0) is 54.1 Å². The Morgan fingerprint density at radius 2 is 1.89 bits per heavy atom. The number of rotatable bonds is 3. The van der Waals surface area contributed by atoms with E-state index >= 15 is 0 Å². The van der Waals surface area contributed by atoms with E-state index in [1.807, 2.05) is 31.4 Å². The quantitative estimate of drug-likeness (QED) is 0.918. The van der Waals surface area contributed by atoms with Gasteiger partial charge in [0.15, 0.2) is 0 Å². The SMILES string of the molecule is COc1c(C)cc(C(O)c2sccc2Cl)cc1C. The van der Waals surface area contributed by atoms with E-state index in [0.717, 1.165) is 27.3 Å². The van der Waals surface area contributed by atoms with E-state index in [0.29, 0.717) is 5.02 Å². The van der Waals surface area contributed by atoms with Crippen LogP contribution in [0.3, 0.4) is 0 Å². The molecule has 0 saturated heterocycles. The summed E-state index contributed by atoms with van der Waals surface area (Å²) in [4.78, 5) is 0.778. The second-order valence-corrected chi connectivity index (χ2v) is 5.58. The second kappa shape index (κ2) is 5.31. The first-order valence-corrected chi connectivity index (χ1v) is 6.86. The number of benzene rings is 1. The number of hydrogen-bond donors (Lipinski definition) is 1. The molecule has 0 amide bonds. The van der Waals surface area contributed by atoms with Gasteiger partial charge in [0.25, 0.3) is 0 Å². The number of aliphatic hydroxyl groups is 1. The number of thiophene rings is 1. The summed E-state index contributed by atoms with van der Waals surface area (Å²) in [5, 5.41) is 12.8. The molecule has 1 aromatic heterocycles. The van der Waals surface area contributed by atoms with Crippen molar-refractivity contribution in [2.45, 2.75) is 20.0 Å². The van der Waals surface area contributed by atoms with E-state index < -0.39 is 6.10 Å². The summed E-state index contributed by atoms with van der Waals surface area (Å²) in [5.74, 6) is 0.864. The first-order chi connectivity index (χ1) is 8.54. The first-order valence-electron chi connectivity index (χ1n) is 5.60. The minimum absolute atomic E-state index is 0.610. The van der Waals surface area contributed by atoms with Crippen molar-refractivity contribution >= 4 is 22.9 Å². The number of aliphatic hydroxyl groups excluding tert-OH is 1. The lowest BCUT2D eigenvalue weighted by Gasteiger charge is -2.15. The molecule has 18 heavy (non-hydrogen) atoms. The van der Waals surface area contributed by atoms with E-state index in [9.17, 15) is 5.11 Å². The van der Waals surface area contributed by atoms with Crippen molar-refractivity contribution in [3.63, 3.8) is 0 Å². The zero-order valence-electron chi connectivity index (χ0n) is 10.5. The Morgan fingerprint density at radius 3 is 2.33 bits per heavy atom. The maximum Gasteiger partial charge on any atom is 0.124 e. The largest absolute Gasteiger partial charge is 0.496 e. The summed E-state index contributed by atoms with van der Waals surface area (Å²) in [6.07, 6.45) is -0.680. The summed E-state index contributed by atoms with van der Waals surface area (Å²) in [5.41, 5.74) is 2.87. The number of aryl methyl sites for hydroxylation is 2. The number of hydrogen-bond acceptors (Lipinski definition) is 3. The van der Waals surface area contributed by atoms with Gasteiger partial charge >= 0.3 is 0 Å². The number of halogens is 1. The van der Waals surface area contributed by atoms with Crippen LogP contribution in [0.2, 0.25) is 5.02 Å². The Kier molecular flexibility index (Phi) is 3.95. The summed E-state index contributed by atoms with van der Waals surface area (Å²) < 4.78 is 5.32. The Balaban J connectivity index is 2.43. The highest BCUT2D eigenvalue weighted by Gasteiger charge is 2.17. The van der Waals surface area contributed by atoms with Crippen molar-refractivity contribution in [3.05, 3.63) is 50.2 Å². The van der Waals surface area contributed by atoms with Gasteiger partial charge in [0, 0.05) is 0 Å². The smallest absolute Gasteiger partial charge is 0.124 e. The molecule has 0 fully saturated rings. The first kappa shape index (κ1) is 13.4. The van der Waals surface area contributed by atoms with Gasteiger partial charge in [-0.1, -0.05) is 11.6 Å². The fourth-order valence-electron chi connectivity index (χ4n) is 2.12. The molecule has 1 aromatic carbocycles. The van der Waals surface area contributed by atoms with Gasteiger partial charge in [0.2, 0.25) is 0 Å². The summed E-state index contributed by atoms with van der Waals surface area (Å²) in [6, 6.07) is 5.67. The molecule has 4 heteroatoms. The van der Waals surface area contributed by atoms with Crippen LogP contribution in [0.15, 0.2) is 23.6 Å². The molecule has 2 nitrogen and oxygen atoms in total. The van der Waals surface area contributed by atoms with Gasteiger partial charge in [-0.2, -0.15) is 0 Å². The Hall–Kier alpha value is -1.03. The van der Waals surface area contributed by atoms with E-state index in [1.165, 1.54) is 11.3 Å². The predicted octanol–water partition coefficient (Wildman–Crippen LogP) is 4.11. The van der Waals surface area contributed by atoms with Crippen LogP contribution in [0, 0.1) is 13.8 Å². The Morgan fingerprint density at radius 1 is 1.28 bits per heavy atom. The summed E-state index contributed by atoms with van der Waals surface area (Å²) in [7, 11) is 1.65. The van der Waals surface area contributed by atoms with Crippen molar-refractivity contribution in [2.24, 2.45) is 0 Å². The minimum atomic E-state index is -0.680. The molecule has 1 N–H and O–H groups in total. The van der Waals surface area contributed by atoms with Crippen LogP contribution in [-0.4, -0.2) is 12.2 Å². The monoisotopic (exact) mass is 282 g/mol. The number of ether oxygens (including phenoxy) is 1. The van der Waals surface area contributed by atoms with Crippen molar-refractivity contribution in [3.8, 4) is 5.75 Å². The van der Waals surface area contributed by atoms with Crippen molar-refractivity contribution in [2.75, 3.05) is 7.11 Å². The summed E-state index contributed by atoms with van der Waals surface area (Å²) in [6.45, 7) is 3.94. The highest BCUT2D eigenvalue weighted by molar-refractivity contribution is 7.10. The highest BCUT2D eigenvalue weighted by Crippen LogP contribution is 2.35. The molecule has 2 aromatic rings. The van der Waals surface area contributed by atoms with E-state index in [4.69, 9.17) is 16.3 Å². The molecule has 0 aliphatic carbocycles. The van der Waals surface area contributed by atoms with E-state index in [-0.39, 0.29) is 0 Å². The van der Waals surface area contributed by atoms with Crippen molar-refractivity contribution in [1.82, 2.24) is 0 Å². The Bertz CT molecular complexity index is 540. The molecular weight excluding hydrogens is 268 g/mol. The topological polar surface area (TPSA) is 29.5 Å². The molecule has 1 unspecified atom stereocenters. The maximum atomic E-state index is 10.4. The Labute approximate surface area is 116 Å². The van der Waals surface area contributed by atoms with Crippen molar-refractivity contribution < 1.29 is 9.84 Å². The van der Waals surface area contributed by atoms with Crippen LogP contribution in [0.4, 0.5) is 0 Å². The summed E-state index contributed by atoms with van der Waals surface area (Å²) >= 11 is 7.51. The maximum absolute atomic E-state index is 10.4. The van der Waals surface area contributed by atoms with Crippen molar-refractivity contribution in [1.29, 1.82) is 0 Å². The molecule has 0 saturated carbocycles. The van der Waals surface area contributed by atoms with E-state index in [1.54, 1.807) is 13.2 Å². The van der Waals surface area contributed by atoms with Gasteiger partial charge < -0.3 is 9.84 Å². The third kappa shape index (κ3) is 2.39. The molecule has 0 aliphatic heterocycles. The molecule has 0 bridgehead atoms. The molecule has 0 radical (unpaired) electrons. The molecule has 96 valence electrons.